The van der Waals surface area contributed by atoms with Crippen molar-refractivity contribution in [1.29, 1.82) is 0 Å². The molecule has 28 heavy (non-hydrogen) atoms. The third-order valence-electron chi connectivity index (χ3n) is 4.55. The third-order valence-corrected chi connectivity index (χ3v) is 4.55. The summed E-state index contributed by atoms with van der Waals surface area (Å²) in [6.07, 6.45) is 3.21. The maximum Gasteiger partial charge on any atom is 0.341 e. The van der Waals surface area contributed by atoms with Crippen LogP contribution in [0.3, 0.4) is 0 Å². The number of hydrogen-bond donors (Lipinski definition) is 4. The number of aryl methyl sites for hydroxylation is 1. The number of anilines is 1. The molecule has 1 aliphatic rings. The van der Waals surface area contributed by atoms with Gasteiger partial charge in [-0.3, -0.25) is 9.59 Å². The molecule has 0 radical (unpaired) electrons. The number of ether oxygens (including phenoxy) is 1. The highest BCUT2D eigenvalue weighted by molar-refractivity contribution is 5.95. The Bertz CT molecular complexity index is 907. The summed E-state index contributed by atoms with van der Waals surface area (Å²) < 4.78 is 7.12. The molecule has 1 aromatic heterocycles. The van der Waals surface area contributed by atoms with Crippen LogP contribution in [0.25, 0.3) is 10.9 Å². The van der Waals surface area contributed by atoms with Crippen LogP contribution in [0.15, 0.2) is 23.1 Å². The highest BCUT2D eigenvalue weighted by Crippen LogP contribution is 2.32. The topological polar surface area (TPSA) is 138 Å². The van der Waals surface area contributed by atoms with Crippen LogP contribution >= 0.6 is 0 Å². The quantitative estimate of drug-likeness (QED) is 0.409. The van der Waals surface area contributed by atoms with E-state index in [0.29, 0.717) is 18.5 Å². The molecule has 4 N–H and O–H groups in total. The fourth-order valence-corrected chi connectivity index (χ4v) is 3.31. The molecule has 0 fully saturated rings. The van der Waals surface area contributed by atoms with E-state index in [4.69, 9.17) is 19.7 Å². The van der Waals surface area contributed by atoms with Gasteiger partial charge in [0.1, 0.15) is 5.56 Å². The molecule has 3 rings (SSSR count). The first-order chi connectivity index (χ1) is 13.4. The number of nitrogens with zero attached hydrogens (tertiary/aromatic N) is 1. The molecule has 152 valence electrons. The van der Waals surface area contributed by atoms with E-state index < -0.39 is 11.4 Å². The average molecular weight is 392 g/mol. The summed E-state index contributed by atoms with van der Waals surface area (Å²) >= 11 is 0. The summed E-state index contributed by atoms with van der Waals surface area (Å²) in [6.45, 7) is 3.02. The van der Waals surface area contributed by atoms with Crippen molar-refractivity contribution >= 4 is 29.0 Å². The first-order valence-electron chi connectivity index (χ1n) is 8.90. The zero-order valence-electron chi connectivity index (χ0n) is 15.6. The number of carbonyl (C=O) groups is 2. The summed E-state index contributed by atoms with van der Waals surface area (Å²) in [7, 11) is 0. The summed E-state index contributed by atoms with van der Waals surface area (Å²) in [6, 6.07) is 3.88. The van der Waals surface area contributed by atoms with Crippen molar-refractivity contribution in [2.75, 3.05) is 31.7 Å². The molecule has 0 bridgehead atoms. The van der Waals surface area contributed by atoms with Crippen molar-refractivity contribution in [2.45, 2.75) is 25.8 Å². The van der Waals surface area contributed by atoms with Crippen molar-refractivity contribution in [3.63, 3.8) is 0 Å². The van der Waals surface area contributed by atoms with E-state index in [-0.39, 0.29) is 31.3 Å². The lowest BCUT2D eigenvalue weighted by atomic mass is 9.95. The molecule has 2 heterocycles. The van der Waals surface area contributed by atoms with Gasteiger partial charge in [-0.15, -0.1) is 0 Å². The number of nitrogens with one attached hydrogen (secondary N) is 1. The minimum atomic E-state index is -1.20. The number of hydrogen-bond acceptors (Lipinski definition) is 6. The zero-order valence-corrected chi connectivity index (χ0v) is 15.6. The number of carboxylic acid groups (broad SMARTS) is 2. The highest BCUT2D eigenvalue weighted by Gasteiger charge is 2.23. The van der Waals surface area contributed by atoms with Gasteiger partial charge >= 0.3 is 5.97 Å². The minimum absolute atomic E-state index is 0.0180. The van der Waals surface area contributed by atoms with Gasteiger partial charge in [0.25, 0.3) is 6.47 Å². The molecular formula is C19H24N2O7. The predicted octanol–water partition coefficient (Wildman–Crippen LogP) is 1.33. The normalized spacial score (nSPS) is 14.9. The van der Waals surface area contributed by atoms with E-state index in [1.165, 1.54) is 6.20 Å². The van der Waals surface area contributed by atoms with Gasteiger partial charge in [0.2, 0.25) is 5.43 Å². The van der Waals surface area contributed by atoms with Crippen molar-refractivity contribution in [3.05, 3.63) is 39.7 Å². The van der Waals surface area contributed by atoms with Gasteiger partial charge in [0, 0.05) is 29.9 Å². The molecule has 2 aromatic rings. The summed E-state index contributed by atoms with van der Waals surface area (Å²) in [5.74, 6) is -1.20. The monoisotopic (exact) mass is 392 g/mol. The fourth-order valence-electron chi connectivity index (χ4n) is 3.31. The van der Waals surface area contributed by atoms with Gasteiger partial charge in [0.05, 0.1) is 25.3 Å². The van der Waals surface area contributed by atoms with Gasteiger partial charge in [0.15, 0.2) is 0 Å². The van der Waals surface area contributed by atoms with E-state index in [0.717, 1.165) is 29.6 Å². The van der Waals surface area contributed by atoms with Gasteiger partial charge in [-0.25, -0.2) is 4.79 Å². The summed E-state index contributed by atoms with van der Waals surface area (Å²) in [5.41, 5.74) is 2.00. The molecule has 9 nitrogen and oxygen atoms in total. The number of rotatable bonds is 7. The number of pyridine rings is 1. The fraction of sp³-hybridized carbons (Fsp3) is 0.421. The van der Waals surface area contributed by atoms with E-state index in [9.17, 15) is 14.7 Å². The lowest BCUT2D eigenvalue weighted by Crippen LogP contribution is -2.24. The molecule has 0 spiro atoms. The molecule has 1 unspecified atom stereocenters. The number of carboxylic acids is 1. The Balaban J connectivity index is 0.000000878. The first-order valence-corrected chi connectivity index (χ1v) is 8.90. The predicted molar refractivity (Wildman–Crippen MR) is 103 cm³/mol. The molecule has 1 aliphatic heterocycles. The number of benzene rings is 1. The van der Waals surface area contributed by atoms with E-state index in [1.54, 1.807) is 6.07 Å². The second-order valence-corrected chi connectivity index (χ2v) is 6.37. The van der Waals surface area contributed by atoms with Crippen LogP contribution in [0.5, 0.6) is 0 Å². The Kier molecular flexibility index (Phi) is 7.53. The Morgan fingerprint density at radius 2 is 2.11 bits per heavy atom. The van der Waals surface area contributed by atoms with E-state index >= 15 is 0 Å². The van der Waals surface area contributed by atoms with Crippen LogP contribution in [-0.4, -0.2) is 58.7 Å². The Labute approximate surface area is 161 Å². The summed E-state index contributed by atoms with van der Waals surface area (Å²) in [4.78, 5) is 32.4. The number of aliphatic hydroxyl groups excluding tert-OH is 1. The largest absolute Gasteiger partial charge is 0.483 e. The van der Waals surface area contributed by atoms with Gasteiger partial charge in [-0.05, 0) is 37.5 Å². The Morgan fingerprint density at radius 1 is 1.39 bits per heavy atom. The second-order valence-electron chi connectivity index (χ2n) is 6.37. The Morgan fingerprint density at radius 3 is 2.75 bits per heavy atom. The molecule has 0 aliphatic carbocycles. The second kappa shape index (κ2) is 9.86. The lowest BCUT2D eigenvalue weighted by molar-refractivity contribution is -0.122. The number of aromatic nitrogens is 1. The van der Waals surface area contributed by atoms with Gasteiger partial charge < -0.3 is 29.9 Å². The molecule has 1 aromatic carbocycles. The van der Waals surface area contributed by atoms with E-state index in [2.05, 4.69) is 5.32 Å². The van der Waals surface area contributed by atoms with Crippen LogP contribution in [0.2, 0.25) is 0 Å². The molecule has 0 amide bonds. The van der Waals surface area contributed by atoms with Gasteiger partial charge in [-0.2, -0.15) is 0 Å². The first kappa shape index (κ1) is 21.4. The van der Waals surface area contributed by atoms with Crippen molar-refractivity contribution in [3.8, 4) is 0 Å². The number of aliphatic hydroxyl groups is 1. The molecule has 9 heteroatoms. The molecule has 0 saturated heterocycles. The van der Waals surface area contributed by atoms with Crippen molar-refractivity contribution in [2.24, 2.45) is 0 Å². The highest BCUT2D eigenvalue weighted by atomic mass is 16.5. The molecule has 1 atom stereocenters. The minimum Gasteiger partial charge on any atom is -0.483 e. The molecular weight excluding hydrogens is 368 g/mol. The van der Waals surface area contributed by atoms with Crippen LogP contribution in [0.1, 0.15) is 35.3 Å². The van der Waals surface area contributed by atoms with Crippen LogP contribution < -0.4 is 10.7 Å². The number of aromatic carboxylic acids is 1. The van der Waals surface area contributed by atoms with Crippen LogP contribution in [-0.2, 0) is 16.0 Å². The maximum absolute atomic E-state index is 12.6. The lowest BCUT2D eigenvalue weighted by Gasteiger charge is -2.27. The standard InChI is InChI=1S/C18H22N2O5.CH2O2/c1-11-2-3-12-8-13(19-4-6-25-7-5-21)9-14-16(12)20(11)10-15(17(14)22)18(23)24;2-1-3/h8-11,19,21H,2-7H2,1H3,(H,23,24);1H,(H,2,3). The van der Waals surface area contributed by atoms with Crippen LogP contribution in [0, 0.1) is 0 Å². The Hall–Kier alpha value is -2.91. The zero-order chi connectivity index (χ0) is 20.7. The third kappa shape index (κ3) is 4.68. The van der Waals surface area contributed by atoms with Gasteiger partial charge in [-0.1, -0.05) is 0 Å². The smallest absolute Gasteiger partial charge is 0.341 e. The SMILES string of the molecule is CC1CCc2cc(NCCOCCO)cc3c(=O)c(C(=O)O)cn1c23.O=CO. The average Bonchev–Trinajstić information content (AvgIpc) is 2.66. The van der Waals surface area contributed by atoms with Crippen LogP contribution in [0.4, 0.5) is 5.69 Å². The van der Waals surface area contributed by atoms with E-state index in [1.807, 2.05) is 17.6 Å². The molecule has 0 saturated carbocycles. The van der Waals surface area contributed by atoms with Crippen molar-refractivity contribution < 1.29 is 29.6 Å². The maximum atomic E-state index is 12.6. The summed E-state index contributed by atoms with van der Waals surface area (Å²) in [5, 5.41) is 28.6. The van der Waals surface area contributed by atoms with Crippen molar-refractivity contribution in [1.82, 2.24) is 4.57 Å².